The molecular weight excluding hydrogens is 294 g/mol. The van der Waals surface area contributed by atoms with E-state index in [1.54, 1.807) is 4.90 Å². The van der Waals surface area contributed by atoms with Crippen LogP contribution in [0.1, 0.15) is 32.3 Å². The van der Waals surface area contributed by atoms with Crippen LogP contribution in [0.4, 0.5) is 4.79 Å². The Kier molecular flexibility index (Phi) is 3.82. The summed E-state index contributed by atoms with van der Waals surface area (Å²) in [5, 5.41) is 9.56. The zero-order chi connectivity index (χ0) is 16.7. The molecular formula is C18H23NO4. The van der Waals surface area contributed by atoms with Crippen LogP contribution in [0.3, 0.4) is 0 Å². The Morgan fingerprint density at radius 3 is 2.43 bits per heavy atom. The van der Waals surface area contributed by atoms with Gasteiger partial charge >= 0.3 is 12.1 Å². The standard InChI is InChI=1S/C18H23NO4/c1-13(2)17-9-18(10-17,15(20)21)12-19(11-17)16(22)23-8-14-6-4-3-5-7-14/h3-7,13H,8-12H2,1-2H3,(H,20,21). The van der Waals surface area contributed by atoms with Gasteiger partial charge in [0, 0.05) is 13.1 Å². The zero-order valence-electron chi connectivity index (χ0n) is 13.6. The van der Waals surface area contributed by atoms with Crippen molar-refractivity contribution in [3.63, 3.8) is 0 Å². The molecule has 1 N–H and O–H groups in total. The number of hydrogen-bond acceptors (Lipinski definition) is 3. The molecule has 0 radical (unpaired) electrons. The predicted molar refractivity (Wildman–Crippen MR) is 84.8 cm³/mol. The molecule has 1 saturated carbocycles. The van der Waals surface area contributed by atoms with E-state index in [-0.39, 0.29) is 18.6 Å². The number of ether oxygens (including phenoxy) is 1. The lowest BCUT2D eigenvalue weighted by Crippen LogP contribution is -2.68. The number of fused-ring (bicyclic) bond motifs is 2. The molecule has 1 amide bonds. The molecule has 124 valence electrons. The first kappa shape index (κ1) is 15.8. The number of aliphatic carboxylic acids is 1. The Hall–Kier alpha value is -2.04. The van der Waals surface area contributed by atoms with Crippen LogP contribution in [0.2, 0.25) is 0 Å². The molecule has 23 heavy (non-hydrogen) atoms. The van der Waals surface area contributed by atoms with Gasteiger partial charge in [0.15, 0.2) is 0 Å². The second-order valence-corrected chi connectivity index (χ2v) is 7.35. The van der Waals surface area contributed by atoms with Gasteiger partial charge in [0.25, 0.3) is 0 Å². The summed E-state index contributed by atoms with van der Waals surface area (Å²) in [6, 6.07) is 9.50. The summed E-state index contributed by atoms with van der Waals surface area (Å²) in [7, 11) is 0. The highest BCUT2D eigenvalue weighted by molar-refractivity contribution is 5.79. The second-order valence-electron chi connectivity index (χ2n) is 7.35. The van der Waals surface area contributed by atoms with Crippen molar-refractivity contribution in [3.8, 4) is 0 Å². The summed E-state index contributed by atoms with van der Waals surface area (Å²) in [4.78, 5) is 25.6. The van der Waals surface area contributed by atoms with E-state index in [2.05, 4.69) is 13.8 Å². The van der Waals surface area contributed by atoms with Gasteiger partial charge in [0.05, 0.1) is 5.41 Å². The summed E-state index contributed by atoms with van der Waals surface area (Å²) in [6.07, 6.45) is 0.911. The third kappa shape index (κ3) is 2.69. The van der Waals surface area contributed by atoms with E-state index < -0.39 is 17.5 Å². The van der Waals surface area contributed by atoms with Crippen LogP contribution in [0.5, 0.6) is 0 Å². The topological polar surface area (TPSA) is 66.8 Å². The minimum Gasteiger partial charge on any atom is -0.481 e. The summed E-state index contributed by atoms with van der Waals surface area (Å²) < 4.78 is 5.38. The summed E-state index contributed by atoms with van der Waals surface area (Å²) in [6.45, 7) is 5.26. The molecule has 0 aromatic heterocycles. The quantitative estimate of drug-likeness (QED) is 0.926. The van der Waals surface area contributed by atoms with Crippen molar-refractivity contribution in [3.05, 3.63) is 35.9 Å². The largest absolute Gasteiger partial charge is 0.481 e. The van der Waals surface area contributed by atoms with Gasteiger partial charge in [-0.05, 0) is 29.7 Å². The average molecular weight is 317 g/mol. The fraction of sp³-hybridized carbons (Fsp3) is 0.556. The summed E-state index contributed by atoms with van der Waals surface area (Å²) in [5.41, 5.74) is 0.0611. The van der Waals surface area contributed by atoms with Crippen LogP contribution < -0.4 is 0 Å². The number of nitrogens with zero attached hydrogens (tertiary/aromatic N) is 1. The van der Waals surface area contributed by atoms with Crippen LogP contribution in [0.25, 0.3) is 0 Å². The second kappa shape index (κ2) is 5.55. The molecule has 2 saturated heterocycles. The molecule has 1 aromatic carbocycles. The lowest BCUT2D eigenvalue weighted by atomic mass is 9.46. The zero-order valence-corrected chi connectivity index (χ0v) is 13.6. The number of rotatable bonds is 4. The number of piperidine rings is 2. The SMILES string of the molecule is CC(C)C12CN(C(=O)OCc3ccccc3)CC(C(=O)O)(C1)C2. The molecule has 0 unspecified atom stereocenters. The van der Waals surface area contributed by atoms with Gasteiger partial charge in [0.1, 0.15) is 6.61 Å². The van der Waals surface area contributed by atoms with Crippen LogP contribution in [0.15, 0.2) is 30.3 Å². The third-order valence-corrected chi connectivity index (χ3v) is 5.52. The van der Waals surface area contributed by atoms with Crippen molar-refractivity contribution in [1.82, 2.24) is 4.90 Å². The number of carbonyl (C=O) groups is 2. The number of amides is 1. The smallest absolute Gasteiger partial charge is 0.410 e. The van der Waals surface area contributed by atoms with Crippen molar-refractivity contribution in [2.24, 2.45) is 16.7 Å². The lowest BCUT2D eigenvalue weighted by Gasteiger charge is -2.63. The molecule has 0 atom stereocenters. The van der Waals surface area contributed by atoms with Crippen LogP contribution >= 0.6 is 0 Å². The maximum atomic E-state index is 12.4. The number of benzene rings is 1. The molecule has 3 aliphatic rings. The van der Waals surface area contributed by atoms with Crippen LogP contribution in [0, 0.1) is 16.7 Å². The summed E-state index contributed by atoms with van der Waals surface area (Å²) in [5.74, 6) is -0.450. The average Bonchev–Trinajstić information content (AvgIpc) is 2.52. The van der Waals surface area contributed by atoms with E-state index in [9.17, 15) is 14.7 Å². The number of carboxylic acids is 1. The first-order chi connectivity index (χ1) is 10.9. The Morgan fingerprint density at radius 2 is 1.87 bits per heavy atom. The molecule has 5 nitrogen and oxygen atoms in total. The molecule has 1 aliphatic carbocycles. The van der Waals surface area contributed by atoms with E-state index in [0.717, 1.165) is 5.56 Å². The maximum Gasteiger partial charge on any atom is 0.410 e. The van der Waals surface area contributed by atoms with Gasteiger partial charge in [-0.15, -0.1) is 0 Å². The Labute approximate surface area is 136 Å². The van der Waals surface area contributed by atoms with Gasteiger partial charge in [-0.2, -0.15) is 0 Å². The first-order valence-corrected chi connectivity index (χ1v) is 8.06. The van der Waals surface area contributed by atoms with Crippen molar-refractivity contribution < 1.29 is 19.4 Å². The van der Waals surface area contributed by atoms with Crippen molar-refractivity contribution in [2.75, 3.05) is 13.1 Å². The van der Waals surface area contributed by atoms with Crippen LogP contribution in [-0.2, 0) is 16.1 Å². The van der Waals surface area contributed by atoms with Gasteiger partial charge < -0.3 is 14.7 Å². The molecule has 2 heterocycles. The fourth-order valence-corrected chi connectivity index (χ4v) is 4.07. The van der Waals surface area contributed by atoms with E-state index in [0.29, 0.717) is 25.3 Å². The Morgan fingerprint density at radius 1 is 1.22 bits per heavy atom. The molecule has 5 heteroatoms. The molecule has 0 spiro atoms. The Bertz CT molecular complexity index is 605. The highest BCUT2D eigenvalue weighted by Gasteiger charge is 2.65. The first-order valence-electron chi connectivity index (χ1n) is 8.06. The monoisotopic (exact) mass is 317 g/mol. The van der Waals surface area contributed by atoms with Gasteiger partial charge in [-0.25, -0.2) is 4.79 Å². The molecule has 2 bridgehead atoms. The minimum atomic E-state index is -0.797. The van der Waals surface area contributed by atoms with Crippen molar-refractivity contribution in [2.45, 2.75) is 33.3 Å². The van der Waals surface area contributed by atoms with Gasteiger partial charge in [0.2, 0.25) is 0 Å². The van der Waals surface area contributed by atoms with E-state index in [1.807, 2.05) is 30.3 Å². The molecule has 1 aromatic rings. The highest BCUT2D eigenvalue weighted by Crippen LogP contribution is 2.62. The third-order valence-electron chi connectivity index (χ3n) is 5.52. The van der Waals surface area contributed by atoms with Crippen molar-refractivity contribution >= 4 is 12.1 Å². The molecule has 4 rings (SSSR count). The van der Waals surface area contributed by atoms with Crippen LogP contribution in [-0.4, -0.2) is 35.2 Å². The molecule has 2 aliphatic heterocycles. The van der Waals surface area contributed by atoms with Gasteiger partial charge in [-0.1, -0.05) is 44.2 Å². The van der Waals surface area contributed by atoms with E-state index in [1.165, 1.54) is 0 Å². The molecule has 3 fully saturated rings. The minimum absolute atomic E-state index is 0.0809. The lowest BCUT2D eigenvalue weighted by molar-refractivity contribution is -0.191. The Balaban J connectivity index is 1.67. The number of carbonyl (C=O) groups excluding carboxylic acids is 1. The van der Waals surface area contributed by atoms with E-state index in [4.69, 9.17) is 4.74 Å². The number of carboxylic acid groups (broad SMARTS) is 1. The van der Waals surface area contributed by atoms with E-state index >= 15 is 0 Å². The predicted octanol–water partition coefficient (Wildman–Crippen LogP) is 3.15. The number of hydrogen-bond donors (Lipinski definition) is 1. The van der Waals surface area contributed by atoms with Gasteiger partial charge in [-0.3, -0.25) is 4.79 Å². The van der Waals surface area contributed by atoms with Crippen molar-refractivity contribution in [1.29, 1.82) is 0 Å². The summed E-state index contributed by atoms with van der Waals surface area (Å²) >= 11 is 0. The highest BCUT2D eigenvalue weighted by atomic mass is 16.6. The fourth-order valence-electron chi connectivity index (χ4n) is 4.07. The maximum absolute atomic E-state index is 12.4. The normalized spacial score (nSPS) is 29.1.